The molecule has 0 saturated carbocycles. The molecule has 0 amide bonds. The van der Waals surface area contributed by atoms with Crippen LogP contribution in [0.15, 0.2) is 24.3 Å². The van der Waals surface area contributed by atoms with Crippen molar-refractivity contribution >= 4 is 28.6 Å². The highest BCUT2D eigenvalue weighted by Gasteiger charge is 2.05. The van der Waals surface area contributed by atoms with Crippen molar-refractivity contribution in [3.8, 4) is 0 Å². The van der Waals surface area contributed by atoms with Crippen molar-refractivity contribution in [2.75, 3.05) is 13.7 Å². The third-order valence-electron chi connectivity index (χ3n) is 2.38. The maximum absolute atomic E-state index is 10.9. The average Bonchev–Trinajstić information content (AvgIpc) is 2.29. The second kappa shape index (κ2) is 6.85. The van der Waals surface area contributed by atoms with Crippen LogP contribution in [0.1, 0.15) is 24.9 Å². The highest BCUT2D eigenvalue weighted by Crippen LogP contribution is 2.14. The molecule has 0 aliphatic carbocycles. The van der Waals surface area contributed by atoms with E-state index in [0.717, 1.165) is 0 Å². The topological polar surface area (TPSA) is 38.3 Å². The summed E-state index contributed by atoms with van der Waals surface area (Å²) in [5, 5.41) is 3.28. The number of carbonyl (C=O) groups excluding carboxylic acids is 1. The van der Waals surface area contributed by atoms with Gasteiger partial charge >= 0.3 is 5.97 Å². The first kappa shape index (κ1) is 13.4. The first-order valence-corrected chi connectivity index (χ1v) is 6.27. The molecule has 0 spiro atoms. The largest absolute Gasteiger partial charge is 0.469 e. The van der Waals surface area contributed by atoms with E-state index in [4.69, 9.17) is 0 Å². The Balaban J connectivity index is 2.37. The summed E-state index contributed by atoms with van der Waals surface area (Å²) in [6, 6.07) is 8.60. The van der Waals surface area contributed by atoms with Crippen LogP contribution in [0.3, 0.4) is 0 Å². The minimum atomic E-state index is -0.178. The van der Waals surface area contributed by atoms with Crippen LogP contribution in [-0.2, 0) is 9.53 Å². The molecule has 0 aliphatic heterocycles. The monoisotopic (exact) mass is 333 g/mol. The van der Waals surface area contributed by atoms with Gasteiger partial charge in [0.1, 0.15) is 0 Å². The highest BCUT2D eigenvalue weighted by atomic mass is 127. The van der Waals surface area contributed by atoms with E-state index in [9.17, 15) is 4.79 Å². The quantitative estimate of drug-likeness (QED) is 0.665. The molecule has 0 heterocycles. The predicted octanol–water partition coefficient (Wildman–Crippen LogP) is 2.50. The van der Waals surface area contributed by atoms with E-state index < -0.39 is 0 Å². The molecule has 0 saturated heterocycles. The van der Waals surface area contributed by atoms with Gasteiger partial charge in [0.25, 0.3) is 0 Å². The Hall–Kier alpha value is -0.620. The fraction of sp³-hybridized carbons (Fsp3) is 0.417. The van der Waals surface area contributed by atoms with Gasteiger partial charge in [-0.1, -0.05) is 12.1 Å². The van der Waals surface area contributed by atoms with Crippen LogP contribution in [0.2, 0.25) is 0 Å². The molecule has 1 unspecified atom stereocenters. The number of hydrogen-bond donors (Lipinski definition) is 1. The van der Waals surface area contributed by atoms with E-state index in [2.05, 4.69) is 63.8 Å². The van der Waals surface area contributed by atoms with Gasteiger partial charge in [0.05, 0.1) is 13.5 Å². The van der Waals surface area contributed by atoms with Crippen LogP contribution in [-0.4, -0.2) is 19.6 Å². The smallest absolute Gasteiger partial charge is 0.306 e. The Morgan fingerprint density at radius 3 is 2.62 bits per heavy atom. The standard InChI is InChI=1S/C12H16INO2/c1-9(14-8-7-12(15)16-2)10-3-5-11(13)6-4-10/h3-6,9,14H,7-8H2,1-2H3. The fourth-order valence-electron chi connectivity index (χ4n) is 1.36. The van der Waals surface area contributed by atoms with Gasteiger partial charge in [-0.05, 0) is 47.2 Å². The summed E-state index contributed by atoms with van der Waals surface area (Å²) in [5.74, 6) is -0.178. The maximum atomic E-state index is 10.9. The molecule has 1 aromatic carbocycles. The molecule has 1 atom stereocenters. The van der Waals surface area contributed by atoms with Crippen LogP contribution in [0, 0.1) is 3.57 Å². The number of nitrogens with one attached hydrogen (secondary N) is 1. The van der Waals surface area contributed by atoms with Crippen molar-refractivity contribution in [3.05, 3.63) is 33.4 Å². The molecule has 16 heavy (non-hydrogen) atoms. The lowest BCUT2D eigenvalue weighted by Gasteiger charge is -2.13. The number of carbonyl (C=O) groups is 1. The second-order valence-electron chi connectivity index (χ2n) is 3.55. The van der Waals surface area contributed by atoms with Gasteiger partial charge < -0.3 is 10.1 Å². The molecule has 0 radical (unpaired) electrons. The van der Waals surface area contributed by atoms with Gasteiger partial charge in [-0.3, -0.25) is 4.79 Å². The summed E-state index contributed by atoms with van der Waals surface area (Å²) in [6.07, 6.45) is 0.408. The lowest BCUT2D eigenvalue weighted by atomic mass is 10.1. The number of benzene rings is 1. The van der Waals surface area contributed by atoms with E-state index in [1.54, 1.807) is 0 Å². The van der Waals surface area contributed by atoms with Crippen LogP contribution in [0.5, 0.6) is 0 Å². The molecular weight excluding hydrogens is 317 g/mol. The normalized spacial score (nSPS) is 12.2. The first-order valence-electron chi connectivity index (χ1n) is 5.19. The Morgan fingerprint density at radius 1 is 1.44 bits per heavy atom. The summed E-state index contributed by atoms with van der Waals surface area (Å²) in [5.41, 5.74) is 1.23. The van der Waals surface area contributed by atoms with E-state index in [-0.39, 0.29) is 12.0 Å². The van der Waals surface area contributed by atoms with Crippen LogP contribution >= 0.6 is 22.6 Å². The van der Waals surface area contributed by atoms with Gasteiger partial charge in [-0.15, -0.1) is 0 Å². The Kier molecular flexibility index (Phi) is 5.76. The zero-order chi connectivity index (χ0) is 12.0. The van der Waals surface area contributed by atoms with E-state index in [1.807, 2.05) is 0 Å². The molecule has 1 N–H and O–H groups in total. The Morgan fingerprint density at radius 2 is 2.06 bits per heavy atom. The zero-order valence-corrected chi connectivity index (χ0v) is 11.7. The molecule has 1 rings (SSSR count). The molecule has 1 aromatic rings. The summed E-state index contributed by atoms with van der Waals surface area (Å²) in [6.45, 7) is 2.72. The van der Waals surface area contributed by atoms with Gasteiger partial charge in [-0.25, -0.2) is 0 Å². The van der Waals surface area contributed by atoms with Crippen molar-refractivity contribution in [2.24, 2.45) is 0 Å². The minimum absolute atomic E-state index is 0.178. The molecule has 0 aromatic heterocycles. The molecule has 4 heteroatoms. The summed E-state index contributed by atoms with van der Waals surface area (Å²) in [4.78, 5) is 10.9. The van der Waals surface area contributed by atoms with Crippen molar-refractivity contribution in [2.45, 2.75) is 19.4 Å². The molecular formula is C12H16INO2. The fourth-order valence-corrected chi connectivity index (χ4v) is 1.72. The van der Waals surface area contributed by atoms with Crippen molar-refractivity contribution < 1.29 is 9.53 Å². The molecule has 0 fully saturated rings. The molecule has 3 nitrogen and oxygen atoms in total. The lowest BCUT2D eigenvalue weighted by molar-refractivity contribution is -0.140. The summed E-state index contributed by atoms with van der Waals surface area (Å²) in [7, 11) is 1.41. The zero-order valence-electron chi connectivity index (χ0n) is 9.50. The number of methoxy groups -OCH3 is 1. The van der Waals surface area contributed by atoms with Crippen molar-refractivity contribution in [1.29, 1.82) is 0 Å². The summed E-state index contributed by atoms with van der Waals surface area (Å²) < 4.78 is 5.80. The van der Waals surface area contributed by atoms with Gasteiger partial charge in [0.15, 0.2) is 0 Å². The maximum Gasteiger partial charge on any atom is 0.306 e. The number of ether oxygens (including phenoxy) is 1. The third kappa shape index (κ3) is 4.49. The average molecular weight is 333 g/mol. The lowest BCUT2D eigenvalue weighted by Crippen LogP contribution is -2.22. The van der Waals surface area contributed by atoms with Crippen molar-refractivity contribution in [3.63, 3.8) is 0 Å². The van der Waals surface area contributed by atoms with E-state index >= 15 is 0 Å². The Bertz CT molecular complexity index is 337. The Labute approximate surface area is 110 Å². The third-order valence-corrected chi connectivity index (χ3v) is 3.10. The minimum Gasteiger partial charge on any atom is -0.469 e. The SMILES string of the molecule is COC(=O)CCNC(C)c1ccc(I)cc1. The molecule has 0 aliphatic rings. The van der Waals surface area contributed by atoms with Crippen LogP contribution < -0.4 is 5.32 Å². The van der Waals surface area contributed by atoms with Crippen LogP contribution in [0.25, 0.3) is 0 Å². The summed E-state index contributed by atoms with van der Waals surface area (Å²) >= 11 is 2.28. The van der Waals surface area contributed by atoms with E-state index in [0.29, 0.717) is 13.0 Å². The number of rotatable bonds is 5. The van der Waals surface area contributed by atoms with Gasteiger partial charge in [0, 0.05) is 16.2 Å². The number of esters is 1. The molecule has 88 valence electrons. The van der Waals surface area contributed by atoms with Crippen molar-refractivity contribution in [1.82, 2.24) is 5.32 Å². The van der Waals surface area contributed by atoms with Crippen LogP contribution in [0.4, 0.5) is 0 Å². The van der Waals surface area contributed by atoms with Gasteiger partial charge in [-0.2, -0.15) is 0 Å². The number of hydrogen-bond acceptors (Lipinski definition) is 3. The first-order chi connectivity index (χ1) is 7.63. The molecule has 0 bridgehead atoms. The van der Waals surface area contributed by atoms with Gasteiger partial charge in [0.2, 0.25) is 0 Å². The second-order valence-corrected chi connectivity index (χ2v) is 4.80. The number of halogens is 1. The highest BCUT2D eigenvalue weighted by molar-refractivity contribution is 14.1. The predicted molar refractivity (Wildman–Crippen MR) is 72.2 cm³/mol. The van der Waals surface area contributed by atoms with E-state index in [1.165, 1.54) is 16.2 Å².